The van der Waals surface area contributed by atoms with Crippen molar-refractivity contribution in [3.63, 3.8) is 0 Å². The van der Waals surface area contributed by atoms with Crippen LogP contribution in [-0.4, -0.2) is 13.5 Å². The molecule has 0 saturated heterocycles. The summed E-state index contributed by atoms with van der Waals surface area (Å²) in [4.78, 5) is 11.2. The summed E-state index contributed by atoms with van der Waals surface area (Å²) in [7, 11) is 1.30. The highest BCUT2D eigenvalue weighted by atomic mass is 19.1. The molecule has 0 N–H and O–H groups in total. The van der Waals surface area contributed by atoms with Crippen molar-refractivity contribution in [1.82, 2.24) is 0 Å². The normalized spacial score (nSPS) is 9.45. The second kappa shape index (κ2) is 7.38. The minimum atomic E-state index is -0.730. The van der Waals surface area contributed by atoms with E-state index in [1.165, 1.54) is 24.7 Å². The third kappa shape index (κ3) is 4.46. The van der Waals surface area contributed by atoms with Crippen LogP contribution in [0.4, 0.5) is 14.5 Å². The molecule has 0 aliphatic heterocycles. The molecule has 2 rings (SSSR count). The molecule has 0 atom stereocenters. The van der Waals surface area contributed by atoms with E-state index in [-0.39, 0.29) is 5.69 Å². The molecule has 0 unspecified atom stereocenters. The Kier molecular flexibility index (Phi) is 5.84. The Morgan fingerprint density at radius 1 is 0.950 bits per heavy atom. The van der Waals surface area contributed by atoms with Gasteiger partial charge in [0.1, 0.15) is 17.3 Å². The fourth-order valence-corrected chi connectivity index (χ4v) is 1.62. The highest BCUT2D eigenvalue weighted by molar-refractivity contribution is 5.74. The molecule has 0 radical (unpaired) electrons. The molecule has 0 fully saturated rings. The number of aryl methyl sites for hydroxylation is 2. The maximum Gasteiger partial charge on any atom is 0.214 e. The quantitative estimate of drug-likeness (QED) is 0.763. The van der Waals surface area contributed by atoms with Gasteiger partial charge < -0.3 is 4.90 Å². The Bertz CT molecular complexity index is 547. The van der Waals surface area contributed by atoms with E-state index in [4.69, 9.17) is 0 Å². The van der Waals surface area contributed by atoms with Gasteiger partial charge in [0.2, 0.25) is 6.41 Å². The zero-order valence-electron chi connectivity index (χ0n) is 11.7. The van der Waals surface area contributed by atoms with Crippen LogP contribution in [0.2, 0.25) is 0 Å². The predicted molar refractivity (Wildman–Crippen MR) is 76.7 cm³/mol. The van der Waals surface area contributed by atoms with Crippen LogP contribution >= 0.6 is 0 Å². The molecule has 20 heavy (non-hydrogen) atoms. The molecule has 0 saturated carbocycles. The maximum absolute atomic E-state index is 13.1. The van der Waals surface area contributed by atoms with Crippen molar-refractivity contribution < 1.29 is 13.6 Å². The van der Waals surface area contributed by atoms with Crippen molar-refractivity contribution in [2.75, 3.05) is 11.9 Å². The van der Waals surface area contributed by atoms with Crippen LogP contribution < -0.4 is 4.90 Å². The van der Waals surface area contributed by atoms with Crippen molar-refractivity contribution in [2.45, 2.75) is 13.8 Å². The van der Waals surface area contributed by atoms with Gasteiger partial charge in [-0.2, -0.15) is 0 Å². The number of nitrogens with zero attached hydrogens (tertiary/aromatic N) is 1. The number of rotatable bonds is 2. The van der Waals surface area contributed by atoms with Gasteiger partial charge in [-0.3, -0.25) is 4.79 Å². The zero-order chi connectivity index (χ0) is 15.1. The number of hydrogen-bond acceptors (Lipinski definition) is 1. The Morgan fingerprint density at radius 2 is 1.45 bits per heavy atom. The molecular weight excluding hydrogens is 260 g/mol. The predicted octanol–water partition coefficient (Wildman–Crippen LogP) is 3.86. The molecule has 1 amide bonds. The van der Waals surface area contributed by atoms with Crippen LogP contribution in [0, 0.1) is 25.5 Å². The van der Waals surface area contributed by atoms with Crippen LogP contribution in [0.15, 0.2) is 42.5 Å². The summed E-state index contributed by atoms with van der Waals surface area (Å²) >= 11 is 0. The highest BCUT2D eigenvalue weighted by Gasteiger charge is 2.13. The fraction of sp³-hybridized carbons (Fsp3) is 0.188. The van der Waals surface area contributed by atoms with E-state index in [0.717, 1.165) is 4.90 Å². The monoisotopic (exact) mass is 277 g/mol. The van der Waals surface area contributed by atoms with Gasteiger partial charge in [0, 0.05) is 7.05 Å². The molecular formula is C16H17F2NO. The van der Waals surface area contributed by atoms with Crippen molar-refractivity contribution in [3.05, 3.63) is 65.2 Å². The topological polar surface area (TPSA) is 20.3 Å². The maximum atomic E-state index is 13.1. The molecule has 2 nitrogen and oxygen atoms in total. The first-order valence-corrected chi connectivity index (χ1v) is 6.11. The lowest BCUT2D eigenvalue weighted by atomic mass is 10.2. The van der Waals surface area contributed by atoms with E-state index in [1.54, 1.807) is 6.92 Å². The van der Waals surface area contributed by atoms with E-state index in [0.29, 0.717) is 12.0 Å². The van der Waals surface area contributed by atoms with Crippen molar-refractivity contribution in [1.29, 1.82) is 0 Å². The number of amides is 1. The van der Waals surface area contributed by atoms with Gasteiger partial charge in [-0.15, -0.1) is 0 Å². The average Bonchev–Trinajstić information content (AvgIpc) is 2.39. The van der Waals surface area contributed by atoms with Gasteiger partial charge in [0.25, 0.3) is 0 Å². The van der Waals surface area contributed by atoms with E-state index in [9.17, 15) is 13.6 Å². The number of carbonyl (C=O) groups is 1. The second-order valence-electron chi connectivity index (χ2n) is 4.45. The largest absolute Gasteiger partial charge is 0.313 e. The lowest BCUT2D eigenvalue weighted by Crippen LogP contribution is -2.17. The molecule has 4 heteroatoms. The lowest BCUT2D eigenvalue weighted by molar-refractivity contribution is -0.107. The summed E-state index contributed by atoms with van der Waals surface area (Å²) < 4.78 is 26.2. The second-order valence-corrected chi connectivity index (χ2v) is 4.45. The number of anilines is 1. The van der Waals surface area contributed by atoms with Crippen LogP contribution in [0.25, 0.3) is 0 Å². The van der Waals surface area contributed by atoms with E-state index >= 15 is 0 Å². The van der Waals surface area contributed by atoms with Crippen LogP contribution in [0.5, 0.6) is 0 Å². The summed E-state index contributed by atoms with van der Waals surface area (Å²) in [5.41, 5.74) is 1.49. The number of benzene rings is 2. The molecule has 106 valence electrons. The van der Waals surface area contributed by atoms with Gasteiger partial charge in [-0.1, -0.05) is 35.9 Å². The molecule has 0 aromatic heterocycles. The van der Waals surface area contributed by atoms with E-state index in [1.807, 2.05) is 18.2 Å². The molecule has 0 heterocycles. The lowest BCUT2D eigenvalue weighted by Gasteiger charge is -2.12. The Morgan fingerprint density at radius 3 is 1.80 bits per heavy atom. The van der Waals surface area contributed by atoms with Crippen molar-refractivity contribution in [2.24, 2.45) is 0 Å². The van der Waals surface area contributed by atoms with Crippen molar-refractivity contribution >= 4 is 12.1 Å². The van der Waals surface area contributed by atoms with E-state index < -0.39 is 11.6 Å². The third-order valence-electron chi connectivity index (χ3n) is 2.61. The molecule has 0 aliphatic carbocycles. The van der Waals surface area contributed by atoms with Gasteiger partial charge >= 0.3 is 0 Å². The molecule has 2 aromatic rings. The fourth-order valence-electron chi connectivity index (χ4n) is 1.62. The van der Waals surface area contributed by atoms with Crippen LogP contribution in [0.3, 0.4) is 0 Å². The first-order valence-electron chi connectivity index (χ1n) is 6.11. The minimum Gasteiger partial charge on any atom is -0.313 e. The molecule has 0 aliphatic rings. The summed E-state index contributed by atoms with van der Waals surface area (Å²) in [6.45, 7) is 3.66. The third-order valence-corrected chi connectivity index (χ3v) is 2.61. The van der Waals surface area contributed by atoms with Crippen molar-refractivity contribution in [3.8, 4) is 0 Å². The smallest absolute Gasteiger partial charge is 0.214 e. The summed E-state index contributed by atoms with van der Waals surface area (Å²) in [5, 5.41) is 0. The standard InChI is InChI=1S/C9H9F2NO.C7H8/c1-6-3-7(10)9(8(11)4-6)12(2)5-13;1-7-5-3-2-4-6-7/h3-5H,1-2H3;2-6H,1H3. The van der Waals surface area contributed by atoms with Crippen LogP contribution in [-0.2, 0) is 4.79 Å². The number of carbonyl (C=O) groups excluding carboxylic acids is 1. The van der Waals surface area contributed by atoms with Gasteiger partial charge in [0.15, 0.2) is 0 Å². The summed E-state index contributed by atoms with van der Waals surface area (Å²) in [6, 6.07) is 12.6. The zero-order valence-corrected chi connectivity index (χ0v) is 11.7. The molecule has 2 aromatic carbocycles. The summed E-state index contributed by atoms with van der Waals surface area (Å²) in [5.74, 6) is -1.46. The van der Waals surface area contributed by atoms with Gasteiger partial charge in [-0.25, -0.2) is 8.78 Å². The Hall–Kier alpha value is -2.23. The van der Waals surface area contributed by atoms with Gasteiger partial charge in [0.05, 0.1) is 0 Å². The Labute approximate surface area is 117 Å². The molecule has 0 spiro atoms. The average molecular weight is 277 g/mol. The van der Waals surface area contributed by atoms with Crippen LogP contribution in [0.1, 0.15) is 11.1 Å². The first kappa shape index (κ1) is 15.8. The highest BCUT2D eigenvalue weighted by Crippen LogP contribution is 2.22. The van der Waals surface area contributed by atoms with E-state index in [2.05, 4.69) is 19.1 Å². The first-order chi connectivity index (χ1) is 9.45. The van der Waals surface area contributed by atoms with Gasteiger partial charge in [-0.05, 0) is 31.5 Å². The summed E-state index contributed by atoms with van der Waals surface area (Å²) in [6.07, 6.45) is 0.358. The minimum absolute atomic E-state index is 0.319. The number of halogens is 2. The number of hydrogen-bond donors (Lipinski definition) is 0. The Balaban J connectivity index is 0.000000240. The molecule has 0 bridgehead atoms. The SMILES string of the molecule is Cc1cc(F)c(N(C)C=O)c(F)c1.Cc1ccccc1.